The summed E-state index contributed by atoms with van der Waals surface area (Å²) in [5.74, 6) is -0.219. The third-order valence-corrected chi connectivity index (χ3v) is 4.39. The minimum absolute atomic E-state index is 0.205. The molecule has 0 unspecified atom stereocenters. The Balaban J connectivity index is 1.56. The highest BCUT2D eigenvalue weighted by molar-refractivity contribution is 6.32. The second kappa shape index (κ2) is 8.77. The molecule has 1 N–H and O–H groups in total. The number of aryl methyl sites for hydroxylation is 1. The molecule has 1 heterocycles. The zero-order chi connectivity index (χ0) is 19.2. The Morgan fingerprint density at radius 2 is 1.96 bits per heavy atom. The van der Waals surface area contributed by atoms with E-state index in [0.717, 1.165) is 17.5 Å². The van der Waals surface area contributed by atoms with Gasteiger partial charge in [0.25, 0.3) is 5.91 Å². The Bertz CT molecular complexity index is 852. The van der Waals surface area contributed by atoms with E-state index in [1.54, 1.807) is 0 Å². The quantitative estimate of drug-likeness (QED) is 0.794. The van der Waals surface area contributed by atoms with Gasteiger partial charge < -0.3 is 19.5 Å². The fourth-order valence-corrected chi connectivity index (χ4v) is 2.88. The van der Waals surface area contributed by atoms with E-state index in [1.807, 2.05) is 31.2 Å². The van der Waals surface area contributed by atoms with Crippen molar-refractivity contribution in [1.82, 2.24) is 5.32 Å². The lowest BCUT2D eigenvalue weighted by Crippen LogP contribution is -2.28. The Hall–Kier alpha value is -2.73. The molecule has 7 heteroatoms. The molecule has 0 saturated carbocycles. The van der Waals surface area contributed by atoms with E-state index in [1.165, 1.54) is 12.1 Å². The normalized spacial score (nSPS) is 12.8. The number of carbonyl (C=O) groups is 2. The van der Waals surface area contributed by atoms with Gasteiger partial charge in [-0.2, -0.15) is 0 Å². The summed E-state index contributed by atoms with van der Waals surface area (Å²) >= 11 is 6.17. The molecule has 0 fully saturated rings. The first-order valence-electron chi connectivity index (χ1n) is 8.62. The van der Waals surface area contributed by atoms with Crippen molar-refractivity contribution in [3.05, 3.63) is 58.1 Å². The molecule has 1 amide bonds. The summed E-state index contributed by atoms with van der Waals surface area (Å²) in [6.45, 7) is 2.94. The molecule has 2 aromatic rings. The van der Waals surface area contributed by atoms with Gasteiger partial charge in [0.1, 0.15) is 0 Å². The molecule has 0 aliphatic carbocycles. The summed E-state index contributed by atoms with van der Waals surface area (Å²) < 4.78 is 16.2. The van der Waals surface area contributed by atoms with Crippen LogP contribution >= 0.6 is 11.6 Å². The maximum atomic E-state index is 12.2. The minimum atomic E-state index is -0.654. The van der Waals surface area contributed by atoms with E-state index in [4.69, 9.17) is 25.8 Å². The van der Waals surface area contributed by atoms with Crippen LogP contribution in [0.2, 0.25) is 5.02 Å². The van der Waals surface area contributed by atoms with Crippen LogP contribution in [0, 0.1) is 6.92 Å². The second-order valence-electron chi connectivity index (χ2n) is 6.12. The van der Waals surface area contributed by atoms with Gasteiger partial charge in [0.05, 0.1) is 23.8 Å². The number of hydrogen-bond donors (Lipinski definition) is 1. The zero-order valence-corrected chi connectivity index (χ0v) is 15.7. The molecule has 0 atom stereocenters. The van der Waals surface area contributed by atoms with Crippen LogP contribution in [0.3, 0.4) is 0 Å². The predicted octanol–water partition coefficient (Wildman–Crippen LogP) is 3.28. The number of nitrogens with one attached hydrogen (secondary N) is 1. The molecule has 6 nitrogen and oxygen atoms in total. The molecule has 142 valence electrons. The summed E-state index contributed by atoms with van der Waals surface area (Å²) in [4.78, 5) is 24.2. The van der Waals surface area contributed by atoms with Crippen molar-refractivity contribution in [2.75, 3.05) is 19.8 Å². The molecule has 0 radical (unpaired) electrons. The van der Waals surface area contributed by atoms with Crippen LogP contribution in [0.15, 0.2) is 36.4 Å². The van der Waals surface area contributed by atoms with E-state index >= 15 is 0 Å². The molecule has 0 aromatic heterocycles. The molecule has 0 spiro atoms. The Morgan fingerprint density at radius 3 is 2.78 bits per heavy atom. The summed E-state index contributed by atoms with van der Waals surface area (Å²) in [5.41, 5.74) is 2.29. The molecule has 0 bridgehead atoms. The number of halogens is 1. The maximum Gasteiger partial charge on any atom is 0.338 e. The predicted molar refractivity (Wildman–Crippen MR) is 100 cm³/mol. The number of hydrogen-bond acceptors (Lipinski definition) is 5. The van der Waals surface area contributed by atoms with Crippen LogP contribution in [0.25, 0.3) is 0 Å². The first kappa shape index (κ1) is 19.0. The van der Waals surface area contributed by atoms with Gasteiger partial charge in [0.2, 0.25) is 0 Å². The Labute approximate surface area is 162 Å². The van der Waals surface area contributed by atoms with Crippen LogP contribution in [0.4, 0.5) is 0 Å². The molecule has 0 saturated heterocycles. The van der Waals surface area contributed by atoms with Gasteiger partial charge in [-0.15, -0.1) is 0 Å². The number of amides is 1. The Morgan fingerprint density at radius 1 is 1.19 bits per heavy atom. The van der Waals surface area contributed by atoms with Gasteiger partial charge in [-0.3, -0.25) is 4.79 Å². The summed E-state index contributed by atoms with van der Waals surface area (Å²) in [6, 6.07) is 10.7. The van der Waals surface area contributed by atoms with Crippen LogP contribution in [0.5, 0.6) is 11.5 Å². The molecular formula is C20H20ClNO5. The number of benzene rings is 2. The largest absolute Gasteiger partial charge is 0.489 e. The van der Waals surface area contributed by atoms with Crippen LogP contribution < -0.4 is 14.8 Å². The highest BCUT2D eigenvalue weighted by atomic mass is 35.5. The SMILES string of the molecule is Cc1ccccc1CNC(=O)COC(=O)c1cc(Cl)c2c(c1)OCCCO2. The average molecular weight is 390 g/mol. The zero-order valence-electron chi connectivity index (χ0n) is 14.9. The Kier molecular flexibility index (Phi) is 6.19. The first-order valence-corrected chi connectivity index (χ1v) is 9.00. The van der Waals surface area contributed by atoms with Crippen molar-refractivity contribution in [2.45, 2.75) is 19.9 Å². The number of ether oxygens (including phenoxy) is 3. The highest BCUT2D eigenvalue weighted by Gasteiger charge is 2.19. The fraction of sp³-hybridized carbons (Fsp3) is 0.300. The van der Waals surface area contributed by atoms with Crippen molar-refractivity contribution in [3.63, 3.8) is 0 Å². The van der Waals surface area contributed by atoms with Crippen LogP contribution in [-0.2, 0) is 16.1 Å². The maximum absolute atomic E-state index is 12.2. The standard InChI is InChI=1S/C20H20ClNO5/c1-13-5-2-3-6-14(13)11-22-18(23)12-27-20(24)15-9-16(21)19-17(10-15)25-7-4-8-26-19/h2-3,5-6,9-10H,4,7-8,11-12H2,1H3,(H,22,23). The lowest BCUT2D eigenvalue weighted by atomic mass is 10.1. The smallest absolute Gasteiger partial charge is 0.338 e. The number of rotatable bonds is 5. The minimum Gasteiger partial charge on any atom is -0.489 e. The van der Waals surface area contributed by atoms with Crippen molar-refractivity contribution in [2.24, 2.45) is 0 Å². The summed E-state index contributed by atoms with van der Waals surface area (Å²) in [6.07, 6.45) is 0.728. The van der Waals surface area contributed by atoms with E-state index < -0.39 is 5.97 Å². The monoisotopic (exact) mass is 389 g/mol. The van der Waals surface area contributed by atoms with Crippen molar-refractivity contribution < 1.29 is 23.8 Å². The third-order valence-electron chi connectivity index (χ3n) is 4.11. The second-order valence-corrected chi connectivity index (χ2v) is 6.52. The highest BCUT2D eigenvalue weighted by Crippen LogP contribution is 2.38. The first-order chi connectivity index (χ1) is 13.0. The summed E-state index contributed by atoms with van der Waals surface area (Å²) in [7, 11) is 0. The molecule has 3 rings (SSSR count). The van der Waals surface area contributed by atoms with Crippen molar-refractivity contribution >= 4 is 23.5 Å². The van der Waals surface area contributed by atoms with E-state index in [-0.39, 0.29) is 23.1 Å². The van der Waals surface area contributed by atoms with Gasteiger partial charge in [0.15, 0.2) is 18.1 Å². The molecular weight excluding hydrogens is 370 g/mol. The molecule has 27 heavy (non-hydrogen) atoms. The number of fused-ring (bicyclic) bond motifs is 1. The topological polar surface area (TPSA) is 73.9 Å². The van der Waals surface area contributed by atoms with Crippen LogP contribution in [0.1, 0.15) is 27.9 Å². The van der Waals surface area contributed by atoms with E-state index in [9.17, 15) is 9.59 Å². The van der Waals surface area contributed by atoms with E-state index in [2.05, 4.69) is 5.32 Å². The summed E-state index contributed by atoms with van der Waals surface area (Å²) in [5, 5.41) is 3.00. The lowest BCUT2D eigenvalue weighted by molar-refractivity contribution is -0.124. The van der Waals surface area contributed by atoms with Crippen LogP contribution in [-0.4, -0.2) is 31.7 Å². The van der Waals surface area contributed by atoms with E-state index in [0.29, 0.717) is 31.3 Å². The third kappa shape index (κ3) is 4.92. The number of carbonyl (C=O) groups excluding carboxylic acids is 2. The molecule has 1 aliphatic heterocycles. The molecule has 2 aromatic carbocycles. The average Bonchev–Trinajstić information content (AvgIpc) is 2.91. The van der Waals surface area contributed by atoms with Gasteiger partial charge in [-0.05, 0) is 30.2 Å². The van der Waals surface area contributed by atoms with Gasteiger partial charge in [0, 0.05) is 13.0 Å². The fourth-order valence-electron chi connectivity index (χ4n) is 2.62. The van der Waals surface area contributed by atoms with Crippen molar-refractivity contribution in [1.29, 1.82) is 0 Å². The molecule has 1 aliphatic rings. The van der Waals surface area contributed by atoms with Gasteiger partial charge >= 0.3 is 5.97 Å². The van der Waals surface area contributed by atoms with Gasteiger partial charge in [-0.25, -0.2) is 4.79 Å². The van der Waals surface area contributed by atoms with Crippen molar-refractivity contribution in [3.8, 4) is 11.5 Å². The number of esters is 1. The van der Waals surface area contributed by atoms with Gasteiger partial charge in [-0.1, -0.05) is 35.9 Å². The lowest BCUT2D eigenvalue weighted by Gasteiger charge is -2.12.